The topological polar surface area (TPSA) is 21.3 Å². The Labute approximate surface area is 114 Å². The average molecular weight is 255 g/mol. The lowest BCUT2D eigenvalue weighted by atomic mass is 10.0. The first-order chi connectivity index (χ1) is 9.38. The second-order valence-electron chi connectivity index (χ2n) is 5.38. The summed E-state index contributed by atoms with van der Waals surface area (Å²) >= 11 is 0. The van der Waals surface area contributed by atoms with Crippen LogP contribution in [0.25, 0.3) is 10.8 Å². The van der Waals surface area contributed by atoms with Gasteiger partial charge in [-0.2, -0.15) is 0 Å². The van der Waals surface area contributed by atoms with E-state index < -0.39 is 0 Å². The van der Waals surface area contributed by atoms with Crippen LogP contribution in [0, 0.1) is 5.92 Å². The molecule has 2 heteroatoms. The zero-order valence-corrected chi connectivity index (χ0v) is 11.5. The first-order valence-electron chi connectivity index (χ1n) is 7.14. The summed E-state index contributed by atoms with van der Waals surface area (Å²) in [4.78, 5) is 0. The van der Waals surface area contributed by atoms with E-state index in [0.29, 0.717) is 0 Å². The van der Waals surface area contributed by atoms with E-state index in [1.54, 1.807) is 7.11 Å². The number of hydrogen-bond acceptors (Lipinski definition) is 2. The zero-order valence-electron chi connectivity index (χ0n) is 11.5. The molecule has 0 radical (unpaired) electrons. The molecule has 100 valence electrons. The molecule has 0 spiro atoms. The van der Waals surface area contributed by atoms with Crippen molar-refractivity contribution in [1.29, 1.82) is 0 Å². The molecule has 0 saturated heterocycles. The van der Waals surface area contributed by atoms with Gasteiger partial charge in [-0.1, -0.05) is 43.2 Å². The second-order valence-corrected chi connectivity index (χ2v) is 5.38. The summed E-state index contributed by atoms with van der Waals surface area (Å²) in [6, 6.07) is 12.7. The summed E-state index contributed by atoms with van der Waals surface area (Å²) in [5.74, 6) is 1.97. The summed E-state index contributed by atoms with van der Waals surface area (Å²) in [6.07, 6.45) is 4.17. The van der Waals surface area contributed by atoms with E-state index in [1.165, 1.54) is 35.6 Å². The molecule has 1 fully saturated rings. The Morgan fingerprint density at radius 3 is 2.79 bits per heavy atom. The van der Waals surface area contributed by atoms with Crippen molar-refractivity contribution in [2.24, 2.45) is 5.92 Å². The molecule has 1 saturated carbocycles. The van der Waals surface area contributed by atoms with Gasteiger partial charge in [-0.05, 0) is 35.7 Å². The van der Waals surface area contributed by atoms with E-state index in [4.69, 9.17) is 4.74 Å². The highest BCUT2D eigenvalue weighted by atomic mass is 16.5. The quantitative estimate of drug-likeness (QED) is 0.794. The third kappa shape index (κ3) is 2.90. The molecule has 1 aliphatic rings. The molecule has 0 atom stereocenters. The van der Waals surface area contributed by atoms with Gasteiger partial charge in [0.25, 0.3) is 0 Å². The van der Waals surface area contributed by atoms with Crippen LogP contribution in [0.1, 0.15) is 24.8 Å². The predicted octanol–water partition coefficient (Wildman–Crippen LogP) is 3.74. The van der Waals surface area contributed by atoms with Gasteiger partial charge in [0.05, 0.1) is 7.11 Å². The summed E-state index contributed by atoms with van der Waals surface area (Å²) in [5, 5.41) is 6.13. The molecule has 19 heavy (non-hydrogen) atoms. The Hall–Kier alpha value is -1.54. The maximum absolute atomic E-state index is 5.50. The number of hydrogen-bond donors (Lipinski definition) is 1. The van der Waals surface area contributed by atoms with Gasteiger partial charge in [0.2, 0.25) is 0 Å². The monoisotopic (exact) mass is 255 g/mol. The molecular weight excluding hydrogens is 234 g/mol. The van der Waals surface area contributed by atoms with Gasteiger partial charge < -0.3 is 10.1 Å². The van der Waals surface area contributed by atoms with Crippen LogP contribution in [0.2, 0.25) is 0 Å². The maximum atomic E-state index is 5.50. The average Bonchev–Trinajstić information content (AvgIpc) is 3.27. The molecule has 1 N–H and O–H groups in total. The van der Waals surface area contributed by atoms with Crippen molar-refractivity contribution in [2.75, 3.05) is 13.7 Å². The fourth-order valence-corrected chi connectivity index (χ4v) is 2.62. The molecule has 0 aliphatic heterocycles. The largest absolute Gasteiger partial charge is 0.496 e. The van der Waals surface area contributed by atoms with Crippen molar-refractivity contribution in [3.63, 3.8) is 0 Å². The molecular formula is C17H21NO. The van der Waals surface area contributed by atoms with Crippen LogP contribution in [0.4, 0.5) is 0 Å². The molecule has 0 bridgehead atoms. The van der Waals surface area contributed by atoms with E-state index in [0.717, 1.165) is 24.8 Å². The van der Waals surface area contributed by atoms with Gasteiger partial charge >= 0.3 is 0 Å². The molecule has 2 aromatic rings. The summed E-state index contributed by atoms with van der Waals surface area (Å²) in [5.41, 5.74) is 1.27. The highest BCUT2D eigenvalue weighted by Crippen LogP contribution is 2.32. The van der Waals surface area contributed by atoms with Crippen LogP contribution in [0.3, 0.4) is 0 Å². The minimum atomic E-state index is 0.886. The van der Waals surface area contributed by atoms with Gasteiger partial charge in [0.1, 0.15) is 5.75 Å². The second kappa shape index (κ2) is 5.62. The van der Waals surface area contributed by atoms with Crippen molar-refractivity contribution in [2.45, 2.75) is 25.8 Å². The fraction of sp³-hybridized carbons (Fsp3) is 0.412. The smallest absolute Gasteiger partial charge is 0.123 e. The Bertz CT molecular complexity index is 560. The molecule has 0 aromatic heterocycles. The Kier molecular flexibility index (Phi) is 3.69. The van der Waals surface area contributed by atoms with Crippen molar-refractivity contribution in [3.8, 4) is 5.75 Å². The minimum Gasteiger partial charge on any atom is -0.496 e. The molecule has 0 unspecified atom stereocenters. The van der Waals surface area contributed by atoms with E-state index in [2.05, 4.69) is 41.7 Å². The van der Waals surface area contributed by atoms with Gasteiger partial charge in [0.15, 0.2) is 0 Å². The van der Waals surface area contributed by atoms with Gasteiger partial charge in [-0.25, -0.2) is 0 Å². The number of fused-ring (bicyclic) bond motifs is 1. The predicted molar refractivity (Wildman–Crippen MR) is 79.5 cm³/mol. The van der Waals surface area contributed by atoms with Crippen molar-refractivity contribution in [1.82, 2.24) is 5.32 Å². The van der Waals surface area contributed by atoms with Crippen LogP contribution < -0.4 is 10.1 Å². The number of benzene rings is 2. The van der Waals surface area contributed by atoms with Gasteiger partial charge in [0, 0.05) is 12.1 Å². The SMILES string of the molecule is COc1ccc2ccccc2c1CNCCC1CC1. The van der Waals surface area contributed by atoms with E-state index in [-0.39, 0.29) is 0 Å². The maximum Gasteiger partial charge on any atom is 0.123 e. The lowest BCUT2D eigenvalue weighted by molar-refractivity contribution is 0.408. The molecule has 3 rings (SSSR count). The molecule has 2 nitrogen and oxygen atoms in total. The third-order valence-corrected chi connectivity index (χ3v) is 3.95. The van der Waals surface area contributed by atoms with Crippen LogP contribution >= 0.6 is 0 Å². The highest BCUT2D eigenvalue weighted by Gasteiger charge is 2.20. The van der Waals surface area contributed by atoms with Crippen molar-refractivity contribution in [3.05, 3.63) is 42.0 Å². The first-order valence-corrected chi connectivity index (χ1v) is 7.14. The standard InChI is InChI=1S/C17H21NO/c1-19-17-9-8-14-4-2-3-5-15(14)16(17)12-18-11-10-13-6-7-13/h2-5,8-9,13,18H,6-7,10-12H2,1H3. The lowest BCUT2D eigenvalue weighted by Gasteiger charge is -2.13. The van der Waals surface area contributed by atoms with Gasteiger partial charge in [-0.15, -0.1) is 0 Å². The summed E-state index contributed by atoms with van der Waals surface area (Å²) in [7, 11) is 1.75. The fourth-order valence-electron chi connectivity index (χ4n) is 2.62. The van der Waals surface area contributed by atoms with Crippen LogP contribution in [0.15, 0.2) is 36.4 Å². The molecule has 1 aliphatic carbocycles. The third-order valence-electron chi connectivity index (χ3n) is 3.95. The van der Waals surface area contributed by atoms with Crippen LogP contribution in [-0.4, -0.2) is 13.7 Å². The molecule has 2 aromatic carbocycles. The minimum absolute atomic E-state index is 0.886. The van der Waals surface area contributed by atoms with Crippen molar-refractivity contribution >= 4 is 10.8 Å². The van der Waals surface area contributed by atoms with Crippen molar-refractivity contribution < 1.29 is 4.74 Å². The Balaban J connectivity index is 1.77. The Morgan fingerprint density at radius 1 is 1.16 bits per heavy atom. The molecule has 0 heterocycles. The summed E-state index contributed by atoms with van der Waals surface area (Å²) < 4.78 is 5.50. The van der Waals surface area contributed by atoms with Gasteiger partial charge in [-0.3, -0.25) is 0 Å². The number of ether oxygens (including phenoxy) is 1. The molecule has 0 amide bonds. The number of rotatable bonds is 6. The van der Waals surface area contributed by atoms with E-state index in [1.807, 2.05) is 0 Å². The summed E-state index contributed by atoms with van der Waals surface area (Å²) in [6.45, 7) is 1.99. The van der Waals surface area contributed by atoms with E-state index >= 15 is 0 Å². The number of nitrogens with one attached hydrogen (secondary N) is 1. The normalized spacial score (nSPS) is 14.8. The number of methoxy groups -OCH3 is 1. The lowest BCUT2D eigenvalue weighted by Crippen LogP contribution is -2.16. The van der Waals surface area contributed by atoms with Crippen LogP contribution in [-0.2, 0) is 6.54 Å². The van der Waals surface area contributed by atoms with E-state index in [9.17, 15) is 0 Å². The zero-order chi connectivity index (χ0) is 13.1. The Morgan fingerprint density at radius 2 is 2.00 bits per heavy atom. The van der Waals surface area contributed by atoms with Crippen LogP contribution in [0.5, 0.6) is 5.75 Å². The highest BCUT2D eigenvalue weighted by molar-refractivity contribution is 5.87. The first kappa shape index (κ1) is 12.5.